The van der Waals surface area contributed by atoms with Gasteiger partial charge in [-0.25, -0.2) is 0 Å². The van der Waals surface area contributed by atoms with Crippen molar-refractivity contribution in [1.29, 1.82) is 0 Å². The number of hydrogen-bond donors (Lipinski definition) is 0. The molecule has 2 saturated heterocycles. The van der Waals surface area contributed by atoms with Crippen LogP contribution in [0.4, 0.5) is 0 Å². The van der Waals surface area contributed by atoms with Crippen molar-refractivity contribution in [3.63, 3.8) is 0 Å². The summed E-state index contributed by atoms with van der Waals surface area (Å²) < 4.78 is 25.6. The minimum atomic E-state index is -0.435. The van der Waals surface area contributed by atoms with Gasteiger partial charge >= 0.3 is 0 Å². The summed E-state index contributed by atoms with van der Waals surface area (Å²) >= 11 is 0. The third-order valence-corrected chi connectivity index (χ3v) is 11.1. The lowest BCUT2D eigenvalue weighted by Gasteiger charge is -2.68. The predicted molar refractivity (Wildman–Crippen MR) is 115 cm³/mol. The lowest BCUT2D eigenvalue weighted by molar-refractivity contribution is -0.352. The summed E-state index contributed by atoms with van der Waals surface area (Å²) in [6, 6.07) is 0. The van der Waals surface area contributed by atoms with Gasteiger partial charge < -0.3 is 18.9 Å². The van der Waals surface area contributed by atoms with Gasteiger partial charge in [0.05, 0.1) is 24.9 Å². The van der Waals surface area contributed by atoms with Crippen molar-refractivity contribution in [2.24, 2.45) is 34.0 Å². The third-order valence-electron chi connectivity index (χ3n) is 11.1. The molecule has 2 heterocycles. The Morgan fingerprint density at radius 3 is 2.23 bits per heavy atom. The van der Waals surface area contributed by atoms with Crippen LogP contribution in [0.2, 0.25) is 0 Å². The van der Waals surface area contributed by atoms with E-state index in [9.17, 15) is 0 Å². The first-order valence-electron chi connectivity index (χ1n) is 12.6. The van der Waals surface area contributed by atoms with Crippen LogP contribution in [-0.4, -0.2) is 36.5 Å². The van der Waals surface area contributed by atoms with Crippen molar-refractivity contribution in [2.75, 3.05) is 13.2 Å². The summed E-state index contributed by atoms with van der Waals surface area (Å²) in [6.07, 6.45) is 10.7. The van der Waals surface area contributed by atoms with E-state index in [1.807, 2.05) is 0 Å². The second-order valence-electron chi connectivity index (χ2n) is 13.2. The summed E-state index contributed by atoms with van der Waals surface area (Å²) in [7, 11) is 0. The van der Waals surface area contributed by atoms with E-state index in [0.29, 0.717) is 28.8 Å². The van der Waals surface area contributed by atoms with Crippen LogP contribution in [0.5, 0.6) is 0 Å². The molecule has 2 aliphatic heterocycles. The summed E-state index contributed by atoms with van der Waals surface area (Å²) in [6.45, 7) is 15.2. The molecule has 2 spiro atoms. The second-order valence-corrected chi connectivity index (χ2v) is 13.2. The maximum absolute atomic E-state index is 6.65. The molecule has 0 amide bonds. The molecular formula is C26H42O4. The highest BCUT2D eigenvalue weighted by Crippen LogP contribution is 2.76. The van der Waals surface area contributed by atoms with E-state index in [2.05, 4.69) is 41.5 Å². The fourth-order valence-corrected chi connectivity index (χ4v) is 9.74. The summed E-state index contributed by atoms with van der Waals surface area (Å²) in [5, 5.41) is 0. The summed E-state index contributed by atoms with van der Waals surface area (Å²) in [5.41, 5.74) is 0.980. The van der Waals surface area contributed by atoms with Gasteiger partial charge in [0.25, 0.3) is 0 Å². The van der Waals surface area contributed by atoms with E-state index in [1.54, 1.807) is 0 Å². The molecule has 0 unspecified atom stereocenters. The van der Waals surface area contributed by atoms with Crippen molar-refractivity contribution in [3.8, 4) is 0 Å². The molecule has 0 aromatic rings. The van der Waals surface area contributed by atoms with Crippen LogP contribution in [0.1, 0.15) is 92.9 Å². The largest absolute Gasteiger partial charge is 0.350 e. The Kier molecular flexibility index (Phi) is 3.98. The number of fused-ring (bicyclic) bond motifs is 5. The van der Waals surface area contributed by atoms with Crippen molar-refractivity contribution < 1.29 is 18.9 Å². The fourth-order valence-electron chi connectivity index (χ4n) is 9.74. The van der Waals surface area contributed by atoms with Gasteiger partial charge in [0.2, 0.25) is 0 Å². The van der Waals surface area contributed by atoms with Crippen LogP contribution in [0.25, 0.3) is 0 Å². The molecule has 170 valence electrons. The van der Waals surface area contributed by atoms with Crippen molar-refractivity contribution >= 4 is 0 Å². The van der Waals surface area contributed by atoms with E-state index >= 15 is 0 Å². The molecule has 4 nitrogen and oxygen atoms in total. The summed E-state index contributed by atoms with van der Waals surface area (Å²) in [5.74, 6) is 1.37. The topological polar surface area (TPSA) is 36.9 Å². The Morgan fingerprint density at radius 2 is 1.50 bits per heavy atom. The molecule has 6 fully saturated rings. The quantitative estimate of drug-likeness (QED) is 0.507. The molecule has 0 aromatic heterocycles. The molecule has 8 atom stereocenters. The first kappa shape index (κ1) is 20.4. The predicted octanol–water partition coefficient (Wildman–Crippen LogP) is 5.68. The molecule has 4 heteroatoms. The average Bonchev–Trinajstić information content (AvgIpc) is 3.16. The molecular weight excluding hydrogens is 376 g/mol. The average molecular weight is 419 g/mol. The van der Waals surface area contributed by atoms with Gasteiger partial charge in [0.1, 0.15) is 0 Å². The standard InChI is InChI=1S/C26H42O4/c1-21(2)27-15-23(5)19-8-7-17-13-18-14-25(17,24(19,6)10-9-20(23)29-21)11-12-26(18)16-28-22(3,4)30-26/h17-20H,7-16H2,1-6H3/t17-,18+,19-,20+,23-,24-,25-,26-/m0/s1. The van der Waals surface area contributed by atoms with Crippen molar-refractivity contribution in [2.45, 2.75) is 116 Å². The number of rotatable bonds is 0. The van der Waals surface area contributed by atoms with Crippen molar-refractivity contribution in [3.05, 3.63) is 0 Å². The van der Waals surface area contributed by atoms with E-state index in [4.69, 9.17) is 18.9 Å². The number of hydrogen-bond acceptors (Lipinski definition) is 4. The van der Waals surface area contributed by atoms with Crippen LogP contribution in [0.3, 0.4) is 0 Å². The Hall–Kier alpha value is -0.160. The van der Waals surface area contributed by atoms with Gasteiger partial charge in [-0.05, 0) is 108 Å². The fraction of sp³-hybridized carbons (Fsp3) is 1.00. The van der Waals surface area contributed by atoms with Crippen LogP contribution in [0, 0.1) is 34.0 Å². The highest BCUT2D eigenvalue weighted by molar-refractivity contribution is 5.20. The van der Waals surface area contributed by atoms with E-state index < -0.39 is 11.6 Å². The van der Waals surface area contributed by atoms with Gasteiger partial charge in [-0.1, -0.05) is 13.8 Å². The minimum absolute atomic E-state index is 0.0276. The lowest BCUT2D eigenvalue weighted by Crippen LogP contribution is -2.66. The lowest BCUT2D eigenvalue weighted by atomic mass is 9.39. The second kappa shape index (κ2) is 5.85. The van der Waals surface area contributed by atoms with Crippen molar-refractivity contribution in [1.82, 2.24) is 0 Å². The first-order chi connectivity index (χ1) is 13.9. The van der Waals surface area contributed by atoms with Gasteiger partial charge in [0, 0.05) is 5.41 Å². The van der Waals surface area contributed by atoms with Gasteiger partial charge in [-0.3, -0.25) is 0 Å². The molecule has 4 aliphatic carbocycles. The zero-order valence-corrected chi connectivity index (χ0v) is 20.0. The zero-order chi connectivity index (χ0) is 21.2. The highest BCUT2D eigenvalue weighted by atomic mass is 16.8. The summed E-state index contributed by atoms with van der Waals surface area (Å²) in [4.78, 5) is 0. The van der Waals surface area contributed by atoms with Gasteiger partial charge in [-0.2, -0.15) is 0 Å². The van der Waals surface area contributed by atoms with Crippen LogP contribution in [0.15, 0.2) is 0 Å². The molecule has 0 N–H and O–H groups in total. The minimum Gasteiger partial charge on any atom is -0.350 e. The van der Waals surface area contributed by atoms with E-state index in [1.165, 1.54) is 51.4 Å². The SMILES string of the molecule is CC1(C)OC[C@]2(C)[C@@H](CC[C@@]3(C)[C@H]2CC[C@H]2C[C@@H]4C[C@@]23CC[C@]42COC(C)(C)O2)O1. The normalized spacial score (nSPS) is 58.2. The van der Waals surface area contributed by atoms with E-state index in [-0.39, 0.29) is 11.0 Å². The highest BCUT2D eigenvalue weighted by Gasteiger charge is 2.72. The number of ether oxygens (including phenoxy) is 4. The Labute approximate surface area is 182 Å². The molecule has 0 aromatic carbocycles. The molecule has 6 rings (SSSR count). The molecule has 6 aliphatic rings. The Balaban J connectivity index is 1.33. The Morgan fingerprint density at radius 1 is 0.733 bits per heavy atom. The maximum Gasteiger partial charge on any atom is 0.163 e. The van der Waals surface area contributed by atoms with Gasteiger partial charge in [-0.15, -0.1) is 0 Å². The van der Waals surface area contributed by atoms with E-state index in [0.717, 1.165) is 19.1 Å². The third kappa shape index (κ3) is 2.43. The molecule has 2 bridgehead atoms. The van der Waals surface area contributed by atoms with Crippen LogP contribution in [-0.2, 0) is 18.9 Å². The zero-order valence-electron chi connectivity index (χ0n) is 20.0. The molecule has 4 saturated carbocycles. The molecule has 30 heavy (non-hydrogen) atoms. The first-order valence-corrected chi connectivity index (χ1v) is 12.6. The monoisotopic (exact) mass is 418 g/mol. The van der Waals surface area contributed by atoms with Gasteiger partial charge in [0.15, 0.2) is 11.6 Å². The maximum atomic E-state index is 6.65. The molecule has 0 radical (unpaired) electrons. The van der Waals surface area contributed by atoms with Crippen LogP contribution >= 0.6 is 0 Å². The smallest absolute Gasteiger partial charge is 0.163 e. The van der Waals surface area contributed by atoms with Crippen LogP contribution < -0.4 is 0 Å². The Bertz CT molecular complexity index is 747.